The maximum absolute atomic E-state index is 12.0. The first-order valence-electron chi connectivity index (χ1n) is 7.50. The molecule has 0 unspecified atom stereocenters. The summed E-state index contributed by atoms with van der Waals surface area (Å²) >= 11 is 0. The molecule has 0 aromatic carbocycles. The Morgan fingerprint density at radius 1 is 1.38 bits per heavy atom. The lowest BCUT2D eigenvalue weighted by Gasteiger charge is -2.42. The Hall–Kier alpha value is -1.33. The molecule has 0 N–H and O–H groups in total. The zero-order valence-electron chi connectivity index (χ0n) is 12.9. The molecule has 0 bridgehead atoms. The summed E-state index contributed by atoms with van der Waals surface area (Å²) in [7, 11) is 3.43. The molecule has 0 spiro atoms. The van der Waals surface area contributed by atoms with Gasteiger partial charge in [-0.05, 0) is 19.3 Å². The molecule has 2 heterocycles. The summed E-state index contributed by atoms with van der Waals surface area (Å²) in [6.45, 7) is 4.26. The van der Waals surface area contributed by atoms with E-state index in [1.165, 1.54) is 7.11 Å². The highest BCUT2D eigenvalue weighted by molar-refractivity contribution is 5.89. The van der Waals surface area contributed by atoms with Gasteiger partial charge in [0.1, 0.15) is 0 Å². The zero-order chi connectivity index (χ0) is 15.0. The minimum atomic E-state index is -0.521. The van der Waals surface area contributed by atoms with Gasteiger partial charge in [-0.25, -0.2) is 4.79 Å². The van der Waals surface area contributed by atoms with Gasteiger partial charge in [0.15, 0.2) is 5.79 Å². The Kier molecular flexibility index (Phi) is 3.80. The van der Waals surface area contributed by atoms with Crippen molar-refractivity contribution in [2.75, 3.05) is 33.9 Å². The molecule has 1 saturated heterocycles. The Balaban J connectivity index is 1.83. The molecule has 1 aliphatic carbocycles. The van der Waals surface area contributed by atoms with Crippen LogP contribution in [0.4, 0.5) is 0 Å². The summed E-state index contributed by atoms with van der Waals surface area (Å²) < 4.78 is 16.5. The average molecular weight is 293 g/mol. The molecule has 3 rings (SSSR count). The van der Waals surface area contributed by atoms with Gasteiger partial charge >= 0.3 is 5.97 Å². The summed E-state index contributed by atoms with van der Waals surface area (Å²) in [5.41, 5.74) is 0.740. The van der Waals surface area contributed by atoms with E-state index in [0.29, 0.717) is 19.1 Å². The van der Waals surface area contributed by atoms with Crippen molar-refractivity contribution in [2.24, 2.45) is 17.8 Å². The van der Waals surface area contributed by atoms with Gasteiger partial charge in [-0.2, -0.15) is 0 Å². The van der Waals surface area contributed by atoms with Crippen LogP contribution in [0.5, 0.6) is 0 Å². The van der Waals surface area contributed by atoms with Crippen molar-refractivity contribution in [1.29, 1.82) is 0 Å². The van der Waals surface area contributed by atoms with Crippen molar-refractivity contribution in [2.45, 2.75) is 19.1 Å². The van der Waals surface area contributed by atoms with Gasteiger partial charge in [-0.1, -0.05) is 12.2 Å². The molecule has 0 aromatic rings. The highest BCUT2D eigenvalue weighted by Gasteiger charge is 2.44. The number of ether oxygens (including phenoxy) is 3. The van der Waals surface area contributed by atoms with Crippen LogP contribution in [0.3, 0.4) is 0 Å². The summed E-state index contributed by atoms with van der Waals surface area (Å²) in [5.74, 6) is -0.0124. The fraction of sp³-hybridized carbons (Fsp3) is 0.688. The van der Waals surface area contributed by atoms with Crippen LogP contribution in [0.1, 0.15) is 13.3 Å². The molecule has 0 aromatic heterocycles. The number of carbonyl (C=O) groups excluding carboxylic acids is 1. The fourth-order valence-corrected chi connectivity index (χ4v) is 3.69. The molecule has 3 aliphatic rings. The standard InChI is InChI=1S/C16H23NO4/c1-16(20-6-7-21-16)12-4-5-13-11(8-12)9-17(2)10-14(13)15(18)19-3/h4-5,10-13H,6-9H2,1-3H3/t11-,12+,13-/m1/s1. The van der Waals surface area contributed by atoms with E-state index >= 15 is 0 Å². The van der Waals surface area contributed by atoms with E-state index in [9.17, 15) is 4.79 Å². The minimum Gasteiger partial charge on any atom is -0.466 e. The highest BCUT2D eigenvalue weighted by Crippen LogP contribution is 2.42. The Labute approximate surface area is 125 Å². The third kappa shape index (κ3) is 2.60. The predicted molar refractivity (Wildman–Crippen MR) is 77.3 cm³/mol. The van der Waals surface area contributed by atoms with Crippen molar-refractivity contribution in [3.8, 4) is 0 Å². The molecule has 5 nitrogen and oxygen atoms in total. The first-order valence-corrected chi connectivity index (χ1v) is 7.50. The van der Waals surface area contributed by atoms with E-state index < -0.39 is 5.79 Å². The van der Waals surface area contributed by atoms with E-state index in [2.05, 4.69) is 17.1 Å². The van der Waals surface area contributed by atoms with Crippen molar-refractivity contribution >= 4 is 5.97 Å². The number of hydrogen-bond acceptors (Lipinski definition) is 5. The lowest BCUT2D eigenvalue weighted by molar-refractivity contribution is -0.175. The van der Waals surface area contributed by atoms with Crippen LogP contribution in [0.15, 0.2) is 23.9 Å². The molecule has 0 radical (unpaired) electrons. The quantitative estimate of drug-likeness (QED) is 0.571. The average Bonchev–Trinajstić information content (AvgIpc) is 2.93. The van der Waals surface area contributed by atoms with Gasteiger partial charge in [-0.15, -0.1) is 0 Å². The van der Waals surface area contributed by atoms with Crippen LogP contribution < -0.4 is 0 Å². The van der Waals surface area contributed by atoms with Crippen LogP contribution >= 0.6 is 0 Å². The maximum atomic E-state index is 12.0. The van der Waals surface area contributed by atoms with Crippen molar-refractivity contribution in [3.05, 3.63) is 23.9 Å². The number of rotatable bonds is 2. The second-order valence-electron chi connectivity index (χ2n) is 6.24. The first kappa shape index (κ1) is 14.6. The lowest BCUT2D eigenvalue weighted by Crippen LogP contribution is -2.43. The minimum absolute atomic E-state index is 0.134. The van der Waals surface area contributed by atoms with Crippen LogP contribution in [0.2, 0.25) is 0 Å². The third-order valence-electron chi connectivity index (χ3n) is 4.81. The molecular weight excluding hydrogens is 270 g/mol. The molecular formula is C16H23NO4. The Bertz CT molecular complexity index is 479. The first-order chi connectivity index (χ1) is 10.0. The molecule has 0 saturated carbocycles. The smallest absolute Gasteiger partial charge is 0.335 e. The van der Waals surface area contributed by atoms with E-state index in [1.807, 2.05) is 20.2 Å². The summed E-state index contributed by atoms with van der Waals surface area (Å²) in [5, 5.41) is 0. The van der Waals surface area contributed by atoms with Gasteiger partial charge in [0.25, 0.3) is 0 Å². The van der Waals surface area contributed by atoms with Crippen LogP contribution in [0.25, 0.3) is 0 Å². The Morgan fingerprint density at radius 3 is 2.76 bits per heavy atom. The molecule has 5 heteroatoms. The van der Waals surface area contributed by atoms with Crippen molar-refractivity contribution < 1.29 is 19.0 Å². The van der Waals surface area contributed by atoms with Crippen LogP contribution in [-0.2, 0) is 19.0 Å². The summed E-state index contributed by atoms with van der Waals surface area (Å²) in [6, 6.07) is 0. The molecule has 21 heavy (non-hydrogen) atoms. The maximum Gasteiger partial charge on any atom is 0.335 e. The van der Waals surface area contributed by atoms with E-state index in [0.717, 1.165) is 18.5 Å². The van der Waals surface area contributed by atoms with E-state index in [-0.39, 0.29) is 17.8 Å². The van der Waals surface area contributed by atoms with Gasteiger partial charge in [0, 0.05) is 31.6 Å². The normalized spacial score (nSPS) is 34.3. The molecule has 1 fully saturated rings. The number of carbonyl (C=O) groups is 1. The van der Waals surface area contributed by atoms with Gasteiger partial charge in [0.2, 0.25) is 0 Å². The number of hydrogen-bond donors (Lipinski definition) is 0. The number of methoxy groups -OCH3 is 1. The fourth-order valence-electron chi connectivity index (χ4n) is 3.69. The highest BCUT2D eigenvalue weighted by atomic mass is 16.7. The zero-order valence-corrected chi connectivity index (χ0v) is 12.9. The largest absolute Gasteiger partial charge is 0.466 e. The monoisotopic (exact) mass is 293 g/mol. The third-order valence-corrected chi connectivity index (χ3v) is 4.81. The SMILES string of the molecule is COC(=O)C1=CN(C)C[C@H]2C[C@@H](C3(C)OCCO3)C=C[C@@H]12. The van der Waals surface area contributed by atoms with Crippen LogP contribution in [-0.4, -0.2) is 50.6 Å². The topological polar surface area (TPSA) is 48.0 Å². The molecule has 3 atom stereocenters. The molecule has 0 amide bonds. The molecule has 116 valence electrons. The van der Waals surface area contributed by atoms with Crippen LogP contribution in [0, 0.1) is 17.8 Å². The second kappa shape index (κ2) is 5.46. The number of allylic oxidation sites excluding steroid dienone is 1. The van der Waals surface area contributed by atoms with E-state index in [4.69, 9.17) is 14.2 Å². The van der Waals surface area contributed by atoms with Crippen molar-refractivity contribution in [3.63, 3.8) is 0 Å². The summed E-state index contributed by atoms with van der Waals surface area (Å²) in [6.07, 6.45) is 7.14. The number of nitrogens with zero attached hydrogens (tertiary/aromatic N) is 1. The van der Waals surface area contributed by atoms with Gasteiger partial charge in [-0.3, -0.25) is 0 Å². The molecule has 2 aliphatic heterocycles. The second-order valence-corrected chi connectivity index (χ2v) is 6.24. The Morgan fingerprint density at radius 2 is 2.10 bits per heavy atom. The van der Waals surface area contributed by atoms with Crippen molar-refractivity contribution in [1.82, 2.24) is 4.90 Å². The number of fused-ring (bicyclic) bond motifs is 1. The summed E-state index contributed by atoms with van der Waals surface area (Å²) in [4.78, 5) is 14.0. The van der Waals surface area contributed by atoms with E-state index in [1.54, 1.807) is 0 Å². The number of esters is 1. The lowest BCUT2D eigenvalue weighted by atomic mass is 9.72. The van der Waals surface area contributed by atoms with Gasteiger partial charge in [0.05, 0.1) is 25.9 Å². The predicted octanol–water partition coefficient (Wildman–Crippen LogP) is 1.56. The van der Waals surface area contributed by atoms with Gasteiger partial charge < -0.3 is 19.1 Å².